The lowest BCUT2D eigenvalue weighted by molar-refractivity contribution is -0.128. The van der Waals surface area contributed by atoms with E-state index in [1.807, 2.05) is 67.6 Å². The Morgan fingerprint density at radius 1 is 0.946 bits per heavy atom. The smallest absolute Gasteiger partial charge is 0.258 e. The molecule has 6 nitrogen and oxygen atoms in total. The largest absolute Gasteiger partial charge is 0.490 e. The van der Waals surface area contributed by atoms with Crippen LogP contribution in [0.1, 0.15) is 56.5 Å². The summed E-state index contributed by atoms with van der Waals surface area (Å²) in [5, 5.41) is 7.07. The van der Waals surface area contributed by atoms with Crippen molar-refractivity contribution in [1.82, 2.24) is 9.91 Å². The van der Waals surface area contributed by atoms with Crippen LogP contribution >= 0.6 is 11.6 Å². The number of hydrogen-bond acceptors (Lipinski definition) is 5. The van der Waals surface area contributed by atoms with E-state index in [1.165, 1.54) is 0 Å². The molecule has 1 atom stereocenters. The normalized spacial score (nSPS) is 16.3. The molecule has 1 aliphatic heterocycles. The van der Waals surface area contributed by atoms with Crippen LogP contribution in [-0.2, 0) is 11.3 Å². The maximum absolute atomic E-state index is 13.3. The van der Waals surface area contributed by atoms with Gasteiger partial charge in [0.25, 0.3) is 5.91 Å². The van der Waals surface area contributed by atoms with Gasteiger partial charge >= 0.3 is 0 Å². The molecular formula is C30H34ClN3O3. The lowest BCUT2D eigenvalue weighted by Crippen LogP contribution is -2.29. The van der Waals surface area contributed by atoms with Gasteiger partial charge in [0.15, 0.2) is 11.5 Å². The predicted molar refractivity (Wildman–Crippen MR) is 148 cm³/mol. The van der Waals surface area contributed by atoms with Crippen molar-refractivity contribution in [3.63, 3.8) is 0 Å². The third kappa shape index (κ3) is 6.70. The average molecular weight is 520 g/mol. The standard InChI is InChI=1S/C30H34ClN3O3/c1-4-17-36-27-16-13-25(19-28(27)37-18-5-2)30-33(20-23-9-7-6-8-10-23)21-29(35)34(30)32-22(3)24-11-14-26(31)15-12-24/h6-16,19,30H,4-5,17-18,20-21H2,1-3H3/b32-22+. The molecule has 0 spiro atoms. The summed E-state index contributed by atoms with van der Waals surface area (Å²) in [4.78, 5) is 15.5. The van der Waals surface area contributed by atoms with Crippen LogP contribution in [0, 0.1) is 0 Å². The fourth-order valence-electron chi connectivity index (χ4n) is 4.30. The molecule has 7 heteroatoms. The molecule has 37 heavy (non-hydrogen) atoms. The zero-order valence-electron chi connectivity index (χ0n) is 21.7. The van der Waals surface area contributed by atoms with Crippen LogP contribution in [0.15, 0.2) is 77.9 Å². The summed E-state index contributed by atoms with van der Waals surface area (Å²) in [5.41, 5.74) is 3.70. The van der Waals surface area contributed by atoms with E-state index in [0.717, 1.165) is 35.2 Å². The lowest BCUT2D eigenvalue weighted by Gasteiger charge is -2.28. The first kappa shape index (κ1) is 26.7. The second-order valence-electron chi connectivity index (χ2n) is 9.10. The fraction of sp³-hybridized carbons (Fsp3) is 0.333. The molecule has 0 N–H and O–H groups in total. The first-order valence-electron chi connectivity index (χ1n) is 12.8. The van der Waals surface area contributed by atoms with Gasteiger partial charge in [-0.3, -0.25) is 9.69 Å². The van der Waals surface area contributed by atoms with Crippen LogP contribution in [0.3, 0.4) is 0 Å². The van der Waals surface area contributed by atoms with Crippen molar-refractivity contribution in [3.8, 4) is 11.5 Å². The van der Waals surface area contributed by atoms with Gasteiger partial charge in [0.1, 0.15) is 6.17 Å². The molecule has 1 fully saturated rings. The van der Waals surface area contributed by atoms with E-state index < -0.39 is 0 Å². The highest BCUT2D eigenvalue weighted by atomic mass is 35.5. The highest BCUT2D eigenvalue weighted by Gasteiger charge is 2.39. The van der Waals surface area contributed by atoms with Gasteiger partial charge in [0.2, 0.25) is 0 Å². The molecule has 3 aromatic rings. The lowest BCUT2D eigenvalue weighted by atomic mass is 10.1. The molecule has 0 aromatic heterocycles. The van der Waals surface area contributed by atoms with Gasteiger partial charge in [-0.25, -0.2) is 5.01 Å². The van der Waals surface area contributed by atoms with Gasteiger partial charge in [-0.1, -0.05) is 74.0 Å². The van der Waals surface area contributed by atoms with E-state index in [1.54, 1.807) is 5.01 Å². The van der Waals surface area contributed by atoms with Gasteiger partial charge in [-0.2, -0.15) is 5.10 Å². The minimum atomic E-state index is -0.390. The highest BCUT2D eigenvalue weighted by molar-refractivity contribution is 6.30. The van der Waals surface area contributed by atoms with E-state index in [0.29, 0.717) is 36.3 Å². The van der Waals surface area contributed by atoms with Crippen molar-refractivity contribution < 1.29 is 14.3 Å². The number of nitrogens with zero attached hydrogens (tertiary/aromatic N) is 3. The third-order valence-corrected chi connectivity index (χ3v) is 6.36. The van der Waals surface area contributed by atoms with Crippen LogP contribution in [-0.4, -0.2) is 41.3 Å². The molecule has 4 rings (SSSR count). The van der Waals surface area contributed by atoms with Crippen molar-refractivity contribution >= 4 is 23.2 Å². The van der Waals surface area contributed by atoms with Gasteiger partial charge in [-0.05, 0) is 60.7 Å². The Balaban J connectivity index is 1.73. The van der Waals surface area contributed by atoms with Crippen LogP contribution in [0.4, 0.5) is 0 Å². The number of benzene rings is 3. The SMILES string of the molecule is CCCOc1ccc(C2N(Cc3ccccc3)CC(=O)N2/N=C(\C)c2ccc(Cl)cc2)cc1OCCC. The monoisotopic (exact) mass is 519 g/mol. The first-order valence-corrected chi connectivity index (χ1v) is 13.2. The molecule has 0 bridgehead atoms. The van der Waals surface area contributed by atoms with Crippen LogP contribution < -0.4 is 9.47 Å². The van der Waals surface area contributed by atoms with E-state index in [-0.39, 0.29) is 18.6 Å². The Morgan fingerprint density at radius 2 is 1.62 bits per heavy atom. The Kier molecular flexibility index (Phi) is 9.20. The maximum atomic E-state index is 13.3. The molecule has 194 valence electrons. The van der Waals surface area contributed by atoms with Gasteiger partial charge < -0.3 is 9.47 Å². The van der Waals surface area contributed by atoms with E-state index in [4.69, 9.17) is 26.2 Å². The van der Waals surface area contributed by atoms with Crippen molar-refractivity contribution in [2.24, 2.45) is 5.10 Å². The summed E-state index contributed by atoms with van der Waals surface area (Å²) >= 11 is 6.07. The Bertz CT molecular complexity index is 1210. The number of amides is 1. The van der Waals surface area contributed by atoms with Crippen molar-refractivity contribution in [1.29, 1.82) is 0 Å². The van der Waals surface area contributed by atoms with E-state index in [9.17, 15) is 4.79 Å². The number of ether oxygens (including phenoxy) is 2. The van der Waals surface area contributed by atoms with Crippen LogP contribution in [0.5, 0.6) is 11.5 Å². The molecule has 1 unspecified atom stereocenters. The summed E-state index contributed by atoms with van der Waals surface area (Å²) in [6, 6.07) is 23.6. The molecule has 1 heterocycles. The molecule has 1 amide bonds. The number of carbonyl (C=O) groups excluding carboxylic acids is 1. The minimum absolute atomic E-state index is 0.0587. The number of rotatable bonds is 11. The summed E-state index contributed by atoms with van der Waals surface area (Å²) < 4.78 is 12.0. The fourth-order valence-corrected chi connectivity index (χ4v) is 4.42. The molecule has 0 aliphatic carbocycles. The quantitative estimate of drug-likeness (QED) is 0.265. The topological polar surface area (TPSA) is 54.4 Å². The molecular weight excluding hydrogens is 486 g/mol. The first-order chi connectivity index (χ1) is 18.0. The maximum Gasteiger partial charge on any atom is 0.258 e. The second kappa shape index (κ2) is 12.7. The van der Waals surface area contributed by atoms with E-state index >= 15 is 0 Å². The number of hydrazone groups is 1. The molecule has 1 aliphatic rings. The molecule has 0 radical (unpaired) electrons. The van der Waals surface area contributed by atoms with Gasteiger partial charge in [-0.15, -0.1) is 0 Å². The van der Waals surface area contributed by atoms with Crippen LogP contribution in [0.2, 0.25) is 5.02 Å². The number of hydrogen-bond donors (Lipinski definition) is 0. The summed E-state index contributed by atoms with van der Waals surface area (Å²) in [6.45, 7) is 8.13. The second-order valence-corrected chi connectivity index (χ2v) is 9.53. The summed E-state index contributed by atoms with van der Waals surface area (Å²) in [5.74, 6) is 1.34. The third-order valence-electron chi connectivity index (χ3n) is 6.11. The van der Waals surface area contributed by atoms with Crippen molar-refractivity contribution in [2.45, 2.75) is 46.3 Å². The Labute approximate surface area is 224 Å². The molecule has 0 saturated carbocycles. The highest BCUT2D eigenvalue weighted by Crippen LogP contribution is 2.38. The summed E-state index contributed by atoms with van der Waals surface area (Å²) in [6.07, 6.45) is 1.40. The average Bonchev–Trinajstić information content (AvgIpc) is 3.21. The predicted octanol–water partition coefficient (Wildman–Crippen LogP) is 6.68. The number of halogens is 1. The van der Waals surface area contributed by atoms with E-state index in [2.05, 4.69) is 30.9 Å². The Hall–Kier alpha value is -3.35. The summed E-state index contributed by atoms with van der Waals surface area (Å²) in [7, 11) is 0. The van der Waals surface area contributed by atoms with Crippen molar-refractivity contribution in [3.05, 3.63) is 94.5 Å². The zero-order valence-corrected chi connectivity index (χ0v) is 22.4. The zero-order chi connectivity index (χ0) is 26.2. The van der Waals surface area contributed by atoms with Crippen molar-refractivity contribution in [2.75, 3.05) is 19.8 Å². The van der Waals surface area contributed by atoms with Gasteiger partial charge in [0, 0.05) is 11.6 Å². The molecule has 1 saturated heterocycles. The van der Waals surface area contributed by atoms with Gasteiger partial charge in [0.05, 0.1) is 25.5 Å². The minimum Gasteiger partial charge on any atom is -0.490 e. The Morgan fingerprint density at radius 3 is 2.30 bits per heavy atom. The molecule has 3 aromatic carbocycles. The number of carbonyl (C=O) groups is 1. The van der Waals surface area contributed by atoms with Crippen LogP contribution in [0.25, 0.3) is 0 Å².